The Bertz CT molecular complexity index is 950. The Morgan fingerprint density at radius 1 is 1.21 bits per heavy atom. The molecule has 1 aliphatic heterocycles. The van der Waals surface area contributed by atoms with Gasteiger partial charge < -0.3 is 9.80 Å². The molecule has 1 saturated carbocycles. The van der Waals surface area contributed by atoms with E-state index in [1.165, 1.54) is 0 Å². The maximum absolute atomic E-state index is 13.3. The van der Waals surface area contributed by atoms with Gasteiger partial charge in [-0.15, -0.1) is 0 Å². The molecule has 0 radical (unpaired) electrons. The molecule has 5 nitrogen and oxygen atoms in total. The summed E-state index contributed by atoms with van der Waals surface area (Å²) in [6, 6.07) is 15.5. The van der Waals surface area contributed by atoms with Crippen LogP contribution in [0.4, 0.5) is 17.1 Å². The number of para-hydroxylation sites is 2. The van der Waals surface area contributed by atoms with Crippen LogP contribution in [0.5, 0.6) is 0 Å². The predicted octanol–water partition coefficient (Wildman–Crippen LogP) is 4.27. The van der Waals surface area contributed by atoms with Crippen LogP contribution in [0, 0.1) is 12.8 Å². The molecule has 0 N–H and O–H groups in total. The van der Waals surface area contributed by atoms with Crippen LogP contribution >= 0.6 is 0 Å². The summed E-state index contributed by atoms with van der Waals surface area (Å²) in [4.78, 5) is 34.7. The number of anilines is 2. The fourth-order valence-electron chi connectivity index (χ4n) is 4.16. The van der Waals surface area contributed by atoms with Crippen LogP contribution in [0.1, 0.15) is 31.7 Å². The van der Waals surface area contributed by atoms with Crippen LogP contribution in [0.2, 0.25) is 0 Å². The van der Waals surface area contributed by atoms with Crippen LogP contribution in [0.15, 0.2) is 53.5 Å². The van der Waals surface area contributed by atoms with Gasteiger partial charge >= 0.3 is 0 Å². The SMILES string of the molecule is CCN(C(=O)CN1C(=O)[C@@H]2CCCC2=Nc2ccccc21)c1cccc(C)c1. The lowest BCUT2D eigenvalue weighted by molar-refractivity contribution is -0.123. The molecule has 144 valence electrons. The van der Waals surface area contributed by atoms with Gasteiger partial charge in [0.05, 0.1) is 17.3 Å². The summed E-state index contributed by atoms with van der Waals surface area (Å²) in [5, 5.41) is 0. The van der Waals surface area contributed by atoms with E-state index < -0.39 is 0 Å². The molecule has 0 unspecified atom stereocenters. The molecule has 5 heteroatoms. The number of amides is 2. The van der Waals surface area contributed by atoms with Crippen molar-refractivity contribution in [2.75, 3.05) is 22.9 Å². The number of benzene rings is 2. The Morgan fingerprint density at radius 2 is 2.04 bits per heavy atom. The third-order valence-electron chi connectivity index (χ3n) is 5.55. The van der Waals surface area contributed by atoms with Crippen molar-refractivity contribution in [1.82, 2.24) is 0 Å². The number of aryl methyl sites for hydroxylation is 1. The zero-order valence-corrected chi connectivity index (χ0v) is 16.4. The second-order valence-electron chi connectivity index (χ2n) is 7.44. The van der Waals surface area contributed by atoms with Crippen LogP contribution in [-0.2, 0) is 9.59 Å². The van der Waals surface area contributed by atoms with E-state index in [1.54, 1.807) is 9.80 Å². The second-order valence-corrected chi connectivity index (χ2v) is 7.44. The average molecular weight is 375 g/mol. The van der Waals surface area contributed by atoms with Gasteiger partial charge in [-0.3, -0.25) is 14.6 Å². The van der Waals surface area contributed by atoms with Gasteiger partial charge in [-0.1, -0.05) is 24.3 Å². The Balaban J connectivity index is 1.66. The third kappa shape index (κ3) is 3.33. The predicted molar refractivity (Wildman–Crippen MR) is 112 cm³/mol. The van der Waals surface area contributed by atoms with E-state index >= 15 is 0 Å². The largest absolute Gasteiger partial charge is 0.311 e. The average Bonchev–Trinajstić information content (AvgIpc) is 3.11. The highest BCUT2D eigenvalue weighted by Gasteiger charge is 2.37. The highest BCUT2D eigenvalue weighted by atomic mass is 16.2. The normalized spacial score (nSPS) is 18.2. The Labute approximate surface area is 165 Å². The fraction of sp³-hybridized carbons (Fsp3) is 0.348. The van der Waals surface area contributed by atoms with Crippen LogP contribution < -0.4 is 9.80 Å². The molecule has 0 spiro atoms. The van der Waals surface area contributed by atoms with Gasteiger partial charge in [0.15, 0.2) is 0 Å². The summed E-state index contributed by atoms with van der Waals surface area (Å²) in [5.74, 6) is -0.290. The third-order valence-corrected chi connectivity index (χ3v) is 5.55. The van der Waals surface area contributed by atoms with Gasteiger partial charge in [-0.2, -0.15) is 0 Å². The van der Waals surface area contributed by atoms with E-state index in [9.17, 15) is 9.59 Å². The number of carbonyl (C=O) groups excluding carboxylic acids is 2. The standard InChI is InChI=1S/C23H25N3O2/c1-3-25(17-9-6-8-16(2)14-17)22(27)15-26-21-13-5-4-11-20(21)24-19-12-7-10-18(19)23(26)28/h4-6,8-9,11,13-14,18H,3,7,10,12,15H2,1-2H3/t18-/m1/s1. The number of nitrogens with zero attached hydrogens (tertiary/aromatic N) is 3. The van der Waals surface area contributed by atoms with E-state index in [0.717, 1.165) is 47.6 Å². The highest BCUT2D eigenvalue weighted by Crippen LogP contribution is 2.37. The molecule has 1 fully saturated rings. The molecular formula is C23H25N3O2. The van der Waals surface area contributed by atoms with Crippen molar-refractivity contribution in [2.45, 2.75) is 33.1 Å². The van der Waals surface area contributed by atoms with Crippen LogP contribution in [0.25, 0.3) is 0 Å². The molecule has 28 heavy (non-hydrogen) atoms. The fourth-order valence-corrected chi connectivity index (χ4v) is 4.16. The summed E-state index contributed by atoms with van der Waals surface area (Å²) < 4.78 is 0. The van der Waals surface area contributed by atoms with Gasteiger partial charge in [0.2, 0.25) is 11.8 Å². The summed E-state index contributed by atoms with van der Waals surface area (Å²) in [7, 11) is 0. The van der Waals surface area contributed by atoms with Gasteiger partial charge in [0.1, 0.15) is 6.54 Å². The van der Waals surface area contributed by atoms with Gasteiger partial charge in [0, 0.05) is 17.9 Å². The minimum absolute atomic E-state index is 0.00477. The first-order valence-corrected chi connectivity index (χ1v) is 9.93. The first kappa shape index (κ1) is 18.4. The van der Waals surface area contributed by atoms with Gasteiger partial charge in [0.25, 0.3) is 0 Å². The minimum atomic E-state index is -0.200. The molecule has 0 saturated heterocycles. The van der Waals surface area contributed by atoms with Crippen molar-refractivity contribution >= 4 is 34.6 Å². The summed E-state index contributed by atoms with van der Waals surface area (Å²) in [6.45, 7) is 4.54. The lowest BCUT2D eigenvalue weighted by atomic mass is 10.0. The van der Waals surface area contributed by atoms with E-state index in [-0.39, 0.29) is 24.3 Å². The smallest absolute Gasteiger partial charge is 0.247 e. The summed E-state index contributed by atoms with van der Waals surface area (Å²) in [6.07, 6.45) is 2.65. The number of hydrogen-bond acceptors (Lipinski definition) is 3. The van der Waals surface area contributed by atoms with Crippen molar-refractivity contribution < 1.29 is 9.59 Å². The molecule has 1 aliphatic carbocycles. The first-order chi connectivity index (χ1) is 13.6. The lowest BCUT2D eigenvalue weighted by Gasteiger charge is -2.28. The van der Waals surface area contributed by atoms with Crippen LogP contribution in [-0.4, -0.2) is 30.6 Å². The van der Waals surface area contributed by atoms with Crippen molar-refractivity contribution in [1.29, 1.82) is 0 Å². The number of fused-ring (bicyclic) bond motifs is 2. The molecule has 0 aromatic heterocycles. The first-order valence-electron chi connectivity index (χ1n) is 9.93. The molecule has 0 bridgehead atoms. The molecule has 1 atom stereocenters. The van der Waals surface area contributed by atoms with Gasteiger partial charge in [-0.05, 0) is 62.9 Å². The number of carbonyl (C=O) groups is 2. The molecule has 4 rings (SSSR count). The number of likely N-dealkylation sites (N-methyl/N-ethyl adjacent to an activating group) is 1. The zero-order valence-electron chi connectivity index (χ0n) is 16.4. The minimum Gasteiger partial charge on any atom is -0.311 e. The van der Waals surface area contributed by atoms with Crippen LogP contribution in [0.3, 0.4) is 0 Å². The molecule has 1 heterocycles. The maximum Gasteiger partial charge on any atom is 0.247 e. The number of hydrogen-bond donors (Lipinski definition) is 0. The molecule has 2 aromatic carbocycles. The van der Waals surface area contributed by atoms with E-state index in [1.807, 2.05) is 62.4 Å². The molecule has 2 amide bonds. The Kier molecular flexibility index (Phi) is 4.99. The van der Waals surface area contributed by atoms with Crippen molar-refractivity contribution in [3.05, 3.63) is 54.1 Å². The maximum atomic E-state index is 13.3. The van der Waals surface area contributed by atoms with Crippen molar-refractivity contribution in [2.24, 2.45) is 10.9 Å². The van der Waals surface area contributed by atoms with E-state index in [4.69, 9.17) is 4.99 Å². The van der Waals surface area contributed by atoms with Crippen molar-refractivity contribution in [3.8, 4) is 0 Å². The number of aliphatic imine (C=N–C) groups is 1. The van der Waals surface area contributed by atoms with E-state index in [0.29, 0.717) is 6.54 Å². The molecular weight excluding hydrogens is 350 g/mol. The van der Waals surface area contributed by atoms with E-state index in [2.05, 4.69) is 0 Å². The lowest BCUT2D eigenvalue weighted by Crippen LogP contribution is -2.45. The van der Waals surface area contributed by atoms with Crippen molar-refractivity contribution in [3.63, 3.8) is 0 Å². The molecule has 2 aliphatic rings. The highest BCUT2D eigenvalue weighted by molar-refractivity contribution is 6.17. The topological polar surface area (TPSA) is 53.0 Å². The summed E-state index contributed by atoms with van der Waals surface area (Å²) in [5.41, 5.74) is 4.42. The monoisotopic (exact) mass is 375 g/mol. The zero-order chi connectivity index (χ0) is 19.7. The second kappa shape index (κ2) is 7.58. The quantitative estimate of drug-likeness (QED) is 0.801. The number of rotatable bonds is 4. The molecule has 2 aromatic rings. The Hall–Kier alpha value is -2.95. The summed E-state index contributed by atoms with van der Waals surface area (Å²) >= 11 is 0. The van der Waals surface area contributed by atoms with Gasteiger partial charge in [-0.25, -0.2) is 0 Å². The Morgan fingerprint density at radius 3 is 2.82 bits per heavy atom.